The van der Waals surface area contributed by atoms with Gasteiger partial charge in [-0.2, -0.15) is 0 Å². The van der Waals surface area contributed by atoms with Crippen LogP contribution in [0, 0.1) is 5.92 Å². The van der Waals surface area contributed by atoms with Crippen LogP contribution in [0.2, 0.25) is 0 Å². The van der Waals surface area contributed by atoms with Gasteiger partial charge in [-0.1, -0.05) is 6.92 Å². The number of carbonyl (C=O) groups excluding carboxylic acids is 2. The molecule has 1 aromatic heterocycles. The van der Waals surface area contributed by atoms with Crippen molar-refractivity contribution in [2.24, 2.45) is 5.92 Å². The van der Waals surface area contributed by atoms with Gasteiger partial charge in [0.2, 0.25) is 11.8 Å². The van der Waals surface area contributed by atoms with Gasteiger partial charge in [-0.3, -0.25) is 9.59 Å². The van der Waals surface area contributed by atoms with E-state index in [-0.39, 0.29) is 23.9 Å². The van der Waals surface area contributed by atoms with Crippen molar-refractivity contribution in [2.45, 2.75) is 44.8 Å². The predicted molar refractivity (Wildman–Crippen MR) is 81.3 cm³/mol. The number of carbonyl (C=O) groups is 2. The van der Waals surface area contributed by atoms with Gasteiger partial charge in [-0.25, -0.2) is 0 Å². The molecule has 2 amide bonds. The first-order chi connectivity index (χ1) is 9.60. The second kappa shape index (κ2) is 5.48. The number of hydrogen-bond acceptors (Lipinski definition) is 3. The van der Waals surface area contributed by atoms with E-state index in [0.717, 1.165) is 21.5 Å². The molecule has 2 atom stereocenters. The lowest BCUT2D eigenvalue weighted by Crippen LogP contribution is -2.63. The summed E-state index contributed by atoms with van der Waals surface area (Å²) in [6, 6.07) is 3.37. The summed E-state index contributed by atoms with van der Waals surface area (Å²) in [6.45, 7) is 2.47. The smallest absolute Gasteiger partial charge is 0.246 e. The molecule has 108 valence electrons. The van der Waals surface area contributed by atoms with Gasteiger partial charge in [0.1, 0.15) is 12.1 Å². The monoisotopic (exact) mass is 356 g/mol. The maximum atomic E-state index is 12.6. The molecule has 2 heterocycles. The van der Waals surface area contributed by atoms with Crippen LogP contribution in [-0.2, 0) is 16.1 Å². The van der Waals surface area contributed by atoms with Crippen molar-refractivity contribution >= 4 is 39.1 Å². The Bertz CT molecular complexity index is 541. The van der Waals surface area contributed by atoms with Crippen LogP contribution in [0.15, 0.2) is 15.9 Å². The molecular formula is C14H17BrN2O2S. The van der Waals surface area contributed by atoms with Gasteiger partial charge in [-0.05, 0) is 53.2 Å². The average Bonchev–Trinajstić information content (AvgIpc) is 3.16. The number of nitrogens with one attached hydrogen (secondary N) is 1. The fourth-order valence-electron chi connectivity index (χ4n) is 2.74. The first kappa shape index (κ1) is 14.1. The average molecular weight is 357 g/mol. The van der Waals surface area contributed by atoms with Gasteiger partial charge < -0.3 is 10.2 Å². The van der Waals surface area contributed by atoms with Crippen LogP contribution in [0.25, 0.3) is 0 Å². The summed E-state index contributed by atoms with van der Waals surface area (Å²) >= 11 is 5.06. The topological polar surface area (TPSA) is 49.4 Å². The zero-order valence-electron chi connectivity index (χ0n) is 11.3. The van der Waals surface area contributed by atoms with Crippen LogP contribution in [0.5, 0.6) is 0 Å². The highest BCUT2D eigenvalue weighted by Gasteiger charge is 2.47. The maximum absolute atomic E-state index is 12.6. The van der Waals surface area contributed by atoms with Gasteiger partial charge in [0.15, 0.2) is 0 Å². The molecule has 0 bridgehead atoms. The number of amides is 2. The lowest BCUT2D eigenvalue weighted by molar-refractivity contribution is -0.151. The maximum Gasteiger partial charge on any atom is 0.246 e. The van der Waals surface area contributed by atoms with Crippen LogP contribution < -0.4 is 5.32 Å². The molecular weight excluding hydrogens is 340 g/mol. The second-order valence-corrected chi connectivity index (χ2v) is 7.97. The van der Waals surface area contributed by atoms with E-state index in [1.165, 1.54) is 0 Å². The summed E-state index contributed by atoms with van der Waals surface area (Å²) in [7, 11) is 0. The highest BCUT2D eigenvalue weighted by atomic mass is 79.9. The van der Waals surface area contributed by atoms with Crippen LogP contribution in [0.3, 0.4) is 0 Å². The molecule has 1 N–H and O–H groups in total. The van der Waals surface area contributed by atoms with Crippen LogP contribution in [0.1, 0.15) is 31.1 Å². The Morgan fingerprint density at radius 3 is 2.70 bits per heavy atom. The fraction of sp³-hybridized carbons (Fsp3) is 0.571. The third-order valence-corrected chi connectivity index (χ3v) is 5.54. The van der Waals surface area contributed by atoms with E-state index in [1.807, 2.05) is 19.1 Å². The SMILES string of the molecule is CCC1NC(=O)C(C2CC2)N(Cc2ccc(Br)s2)C1=O. The minimum Gasteiger partial charge on any atom is -0.343 e. The molecule has 4 nitrogen and oxygen atoms in total. The lowest BCUT2D eigenvalue weighted by Gasteiger charge is -2.38. The summed E-state index contributed by atoms with van der Waals surface area (Å²) in [6.07, 6.45) is 2.74. The minimum atomic E-state index is -0.360. The van der Waals surface area contributed by atoms with Gasteiger partial charge in [-0.15, -0.1) is 11.3 Å². The molecule has 0 aromatic carbocycles. The van der Waals surface area contributed by atoms with Gasteiger partial charge in [0.05, 0.1) is 10.3 Å². The van der Waals surface area contributed by atoms with Gasteiger partial charge in [0, 0.05) is 4.88 Å². The summed E-state index contributed by atoms with van der Waals surface area (Å²) in [4.78, 5) is 27.8. The van der Waals surface area contributed by atoms with Crippen molar-refractivity contribution in [1.29, 1.82) is 0 Å². The molecule has 2 fully saturated rings. The third-order valence-electron chi connectivity index (χ3n) is 3.93. The van der Waals surface area contributed by atoms with Crippen molar-refractivity contribution in [2.75, 3.05) is 0 Å². The molecule has 1 aliphatic carbocycles. The molecule has 1 aliphatic heterocycles. The molecule has 0 radical (unpaired) electrons. The fourth-order valence-corrected chi connectivity index (χ4v) is 4.22. The molecule has 1 saturated heterocycles. The quantitative estimate of drug-likeness (QED) is 0.900. The Labute approximate surface area is 130 Å². The first-order valence-electron chi connectivity index (χ1n) is 6.95. The van der Waals surface area contributed by atoms with Crippen molar-refractivity contribution in [3.8, 4) is 0 Å². The highest BCUT2D eigenvalue weighted by molar-refractivity contribution is 9.11. The van der Waals surface area contributed by atoms with E-state index < -0.39 is 0 Å². The number of piperazine rings is 1. The second-order valence-electron chi connectivity index (χ2n) is 5.42. The van der Waals surface area contributed by atoms with E-state index >= 15 is 0 Å². The molecule has 1 aromatic rings. The standard InChI is InChI=1S/C14H17BrN2O2S/c1-2-10-14(19)17(7-9-5-6-11(15)20-9)12(8-3-4-8)13(18)16-10/h5-6,8,10,12H,2-4,7H2,1H3,(H,16,18). The van der Waals surface area contributed by atoms with Gasteiger partial charge in [0.25, 0.3) is 0 Å². The van der Waals surface area contributed by atoms with E-state index in [0.29, 0.717) is 18.9 Å². The molecule has 3 rings (SSSR count). The summed E-state index contributed by atoms with van der Waals surface area (Å²) < 4.78 is 1.05. The zero-order valence-corrected chi connectivity index (χ0v) is 13.7. The van der Waals surface area contributed by atoms with E-state index in [4.69, 9.17) is 0 Å². The van der Waals surface area contributed by atoms with Crippen LogP contribution >= 0.6 is 27.3 Å². The van der Waals surface area contributed by atoms with Crippen LogP contribution in [0.4, 0.5) is 0 Å². The summed E-state index contributed by atoms with van der Waals surface area (Å²) in [5.74, 6) is 0.434. The molecule has 2 unspecified atom stereocenters. The first-order valence-corrected chi connectivity index (χ1v) is 8.56. The Balaban J connectivity index is 1.85. The largest absolute Gasteiger partial charge is 0.343 e. The molecule has 20 heavy (non-hydrogen) atoms. The Morgan fingerprint density at radius 1 is 1.40 bits per heavy atom. The highest BCUT2D eigenvalue weighted by Crippen LogP contribution is 2.38. The van der Waals surface area contributed by atoms with Crippen molar-refractivity contribution in [3.05, 3.63) is 20.8 Å². The van der Waals surface area contributed by atoms with Crippen molar-refractivity contribution < 1.29 is 9.59 Å². The number of thiophene rings is 1. The molecule has 1 saturated carbocycles. The predicted octanol–water partition coefficient (Wildman–Crippen LogP) is 2.53. The van der Waals surface area contributed by atoms with E-state index in [9.17, 15) is 9.59 Å². The summed E-state index contributed by atoms with van der Waals surface area (Å²) in [5.41, 5.74) is 0. The van der Waals surface area contributed by atoms with Crippen LogP contribution in [-0.4, -0.2) is 28.8 Å². The minimum absolute atomic E-state index is 0.0228. The number of nitrogens with zero attached hydrogens (tertiary/aromatic N) is 1. The Hall–Kier alpha value is -0.880. The normalized spacial score (nSPS) is 26.8. The Morgan fingerprint density at radius 2 is 2.15 bits per heavy atom. The summed E-state index contributed by atoms with van der Waals surface area (Å²) in [5, 5.41) is 2.87. The van der Waals surface area contributed by atoms with E-state index in [2.05, 4.69) is 21.2 Å². The van der Waals surface area contributed by atoms with Crippen molar-refractivity contribution in [1.82, 2.24) is 10.2 Å². The number of rotatable bonds is 4. The Kier molecular flexibility index (Phi) is 3.86. The van der Waals surface area contributed by atoms with E-state index in [1.54, 1.807) is 16.2 Å². The zero-order chi connectivity index (χ0) is 14.3. The number of halogens is 1. The molecule has 0 spiro atoms. The molecule has 6 heteroatoms. The van der Waals surface area contributed by atoms with Gasteiger partial charge >= 0.3 is 0 Å². The third kappa shape index (κ3) is 2.63. The number of hydrogen-bond donors (Lipinski definition) is 1. The molecule has 2 aliphatic rings. The lowest BCUT2D eigenvalue weighted by atomic mass is 10.0. The van der Waals surface area contributed by atoms with Crippen molar-refractivity contribution in [3.63, 3.8) is 0 Å².